The van der Waals surface area contributed by atoms with E-state index in [1.807, 2.05) is 64.2 Å². The van der Waals surface area contributed by atoms with Crippen molar-refractivity contribution in [1.29, 1.82) is 0 Å². The summed E-state index contributed by atoms with van der Waals surface area (Å²) >= 11 is 0. The fourth-order valence-electron chi connectivity index (χ4n) is 4.89. The first-order valence-electron chi connectivity index (χ1n) is 11.3. The Kier molecular flexibility index (Phi) is 5.66. The van der Waals surface area contributed by atoms with E-state index in [1.165, 1.54) is 0 Å². The van der Waals surface area contributed by atoms with Crippen molar-refractivity contribution in [2.24, 2.45) is 11.7 Å². The monoisotopic (exact) mass is 441 g/mol. The van der Waals surface area contributed by atoms with Crippen LogP contribution in [0.15, 0.2) is 54.6 Å². The molecule has 2 aromatic carbocycles. The van der Waals surface area contributed by atoms with Gasteiger partial charge in [0.1, 0.15) is 28.6 Å². The number of piperidine rings is 1. The van der Waals surface area contributed by atoms with Crippen LogP contribution in [-0.4, -0.2) is 40.2 Å². The summed E-state index contributed by atoms with van der Waals surface area (Å²) < 4.78 is 7.88. The highest BCUT2D eigenvalue weighted by Crippen LogP contribution is 2.40. The first-order chi connectivity index (χ1) is 16.1. The van der Waals surface area contributed by atoms with E-state index in [9.17, 15) is 4.79 Å². The highest BCUT2D eigenvalue weighted by molar-refractivity contribution is 6.03. The standard InChI is InChI=1S/C26H27N5O2/c1-2-30-16-13-18(14-17-30)22-12-15-28-26-23(25(27)32)24(29-31(22)26)19-8-10-21(11-9-19)33-20-6-4-3-5-7-20/h1,3-11,18,22,28H,12-17H2,(H2,27,32)/t22-/m0/s1. The van der Waals surface area contributed by atoms with E-state index in [2.05, 4.69) is 11.4 Å². The van der Waals surface area contributed by atoms with E-state index in [0.717, 1.165) is 56.0 Å². The molecule has 0 unspecified atom stereocenters. The van der Waals surface area contributed by atoms with Gasteiger partial charge >= 0.3 is 0 Å². The zero-order valence-electron chi connectivity index (χ0n) is 18.4. The number of benzene rings is 2. The maximum Gasteiger partial charge on any atom is 0.254 e. The Morgan fingerprint density at radius 1 is 1.06 bits per heavy atom. The Labute approximate surface area is 193 Å². The minimum Gasteiger partial charge on any atom is -0.457 e. The van der Waals surface area contributed by atoms with Gasteiger partial charge in [0.05, 0.1) is 6.04 Å². The third kappa shape index (κ3) is 4.12. The Bertz CT molecular complexity index is 1170. The molecule has 2 aliphatic heterocycles. The number of nitrogens with two attached hydrogens (primary N) is 1. The van der Waals surface area contributed by atoms with Crippen molar-refractivity contribution < 1.29 is 9.53 Å². The lowest BCUT2D eigenvalue weighted by molar-refractivity contribution is 0.100. The topological polar surface area (TPSA) is 85.4 Å². The fraction of sp³-hybridized carbons (Fsp3) is 0.308. The van der Waals surface area contributed by atoms with Crippen LogP contribution in [0.4, 0.5) is 5.82 Å². The third-order valence-electron chi connectivity index (χ3n) is 6.58. The number of rotatable bonds is 5. The maximum absolute atomic E-state index is 12.5. The quantitative estimate of drug-likeness (QED) is 0.582. The van der Waals surface area contributed by atoms with Crippen molar-refractivity contribution in [2.45, 2.75) is 25.3 Å². The summed E-state index contributed by atoms with van der Waals surface area (Å²) in [4.78, 5) is 14.5. The molecule has 3 aromatic rings. The summed E-state index contributed by atoms with van der Waals surface area (Å²) in [6, 6.07) is 20.2. The van der Waals surface area contributed by atoms with Crippen LogP contribution in [0.5, 0.6) is 11.5 Å². The number of carbonyl (C=O) groups is 1. The molecule has 0 bridgehead atoms. The number of carbonyl (C=O) groups excluding carboxylic acids is 1. The van der Waals surface area contributed by atoms with Gasteiger partial charge in [0.25, 0.3) is 5.91 Å². The number of amides is 1. The van der Waals surface area contributed by atoms with Gasteiger partial charge in [-0.15, -0.1) is 0 Å². The zero-order chi connectivity index (χ0) is 22.8. The van der Waals surface area contributed by atoms with Crippen molar-refractivity contribution in [3.8, 4) is 35.2 Å². The van der Waals surface area contributed by atoms with Crippen LogP contribution in [0.3, 0.4) is 0 Å². The molecule has 0 aliphatic carbocycles. The SMILES string of the molecule is C#CN1CCC([C@@H]2CCNc3c(C(N)=O)c(-c4ccc(Oc5ccccc5)cc4)nn32)CC1. The molecule has 2 aliphatic rings. The molecule has 1 aromatic heterocycles. The van der Waals surface area contributed by atoms with Crippen molar-refractivity contribution in [1.82, 2.24) is 14.7 Å². The van der Waals surface area contributed by atoms with E-state index in [1.54, 1.807) is 0 Å². The molecular formula is C26H27N5O2. The first-order valence-corrected chi connectivity index (χ1v) is 11.3. The van der Waals surface area contributed by atoms with Crippen LogP contribution in [0.1, 0.15) is 35.7 Å². The average Bonchev–Trinajstić information content (AvgIpc) is 3.25. The molecule has 0 radical (unpaired) electrons. The van der Waals surface area contributed by atoms with Gasteiger partial charge in [0.15, 0.2) is 0 Å². The molecule has 1 saturated heterocycles. The lowest BCUT2D eigenvalue weighted by Crippen LogP contribution is -2.37. The molecule has 33 heavy (non-hydrogen) atoms. The van der Waals surface area contributed by atoms with Gasteiger partial charge in [-0.1, -0.05) is 24.6 Å². The molecule has 0 spiro atoms. The number of terminal acetylenes is 1. The molecule has 3 N–H and O–H groups in total. The lowest BCUT2D eigenvalue weighted by Gasteiger charge is -2.37. The first kappa shape index (κ1) is 21.0. The third-order valence-corrected chi connectivity index (χ3v) is 6.58. The van der Waals surface area contributed by atoms with Gasteiger partial charge < -0.3 is 20.7 Å². The van der Waals surface area contributed by atoms with Gasteiger partial charge in [-0.3, -0.25) is 4.79 Å². The molecule has 0 saturated carbocycles. The summed E-state index contributed by atoms with van der Waals surface area (Å²) in [5, 5.41) is 8.28. The van der Waals surface area contributed by atoms with Gasteiger partial charge in [-0.05, 0) is 61.6 Å². The number of anilines is 1. The second-order valence-corrected chi connectivity index (χ2v) is 8.56. The number of nitrogens with zero attached hydrogens (tertiary/aromatic N) is 3. The highest BCUT2D eigenvalue weighted by Gasteiger charge is 2.35. The van der Waals surface area contributed by atoms with Crippen LogP contribution < -0.4 is 15.8 Å². The van der Waals surface area contributed by atoms with Crippen molar-refractivity contribution in [3.05, 3.63) is 60.2 Å². The number of hydrogen-bond donors (Lipinski definition) is 2. The molecule has 168 valence electrons. The Morgan fingerprint density at radius 2 is 1.76 bits per heavy atom. The molecular weight excluding hydrogens is 414 g/mol. The van der Waals surface area contributed by atoms with Gasteiger partial charge in [-0.25, -0.2) is 4.68 Å². The number of nitrogens with one attached hydrogen (secondary N) is 1. The number of primary amides is 1. The number of likely N-dealkylation sites (tertiary alicyclic amines) is 1. The number of fused-ring (bicyclic) bond motifs is 1. The summed E-state index contributed by atoms with van der Waals surface area (Å²) in [5.41, 5.74) is 7.70. The summed E-state index contributed by atoms with van der Waals surface area (Å²) in [6.07, 6.45) is 8.55. The summed E-state index contributed by atoms with van der Waals surface area (Å²) in [5.74, 6) is 2.18. The fourth-order valence-corrected chi connectivity index (χ4v) is 4.89. The van der Waals surface area contributed by atoms with Crippen LogP contribution in [0.2, 0.25) is 0 Å². The predicted octanol–water partition coefficient (Wildman–Crippen LogP) is 4.10. The largest absolute Gasteiger partial charge is 0.457 e. The molecule has 7 nitrogen and oxygen atoms in total. The number of hydrogen-bond acceptors (Lipinski definition) is 5. The predicted molar refractivity (Wildman–Crippen MR) is 128 cm³/mol. The molecule has 5 rings (SSSR count). The summed E-state index contributed by atoms with van der Waals surface area (Å²) in [7, 11) is 0. The normalized spacial score (nSPS) is 18.2. The lowest BCUT2D eigenvalue weighted by atomic mass is 9.87. The van der Waals surface area contributed by atoms with Crippen LogP contribution >= 0.6 is 0 Å². The molecule has 1 fully saturated rings. The molecule has 1 amide bonds. The van der Waals surface area contributed by atoms with E-state index in [-0.39, 0.29) is 6.04 Å². The van der Waals surface area contributed by atoms with Crippen LogP contribution in [0.25, 0.3) is 11.3 Å². The van der Waals surface area contributed by atoms with Crippen molar-refractivity contribution in [2.75, 3.05) is 25.0 Å². The summed E-state index contributed by atoms with van der Waals surface area (Å²) in [6.45, 7) is 2.56. The van der Waals surface area contributed by atoms with Crippen molar-refractivity contribution in [3.63, 3.8) is 0 Å². The van der Waals surface area contributed by atoms with Crippen molar-refractivity contribution >= 4 is 11.7 Å². The number of aromatic nitrogens is 2. The number of para-hydroxylation sites is 1. The minimum absolute atomic E-state index is 0.216. The molecule has 1 atom stereocenters. The van der Waals surface area contributed by atoms with Crippen LogP contribution in [-0.2, 0) is 0 Å². The molecule has 7 heteroatoms. The minimum atomic E-state index is -0.480. The van der Waals surface area contributed by atoms with Gasteiger partial charge in [-0.2, -0.15) is 5.10 Å². The average molecular weight is 442 g/mol. The van der Waals surface area contributed by atoms with E-state index < -0.39 is 5.91 Å². The Hall–Kier alpha value is -3.92. The molecule has 3 heterocycles. The second kappa shape index (κ2) is 8.91. The Morgan fingerprint density at radius 3 is 2.42 bits per heavy atom. The van der Waals surface area contributed by atoms with Gasteiger partial charge in [0, 0.05) is 31.2 Å². The smallest absolute Gasteiger partial charge is 0.254 e. The van der Waals surface area contributed by atoms with E-state index in [4.69, 9.17) is 22.0 Å². The maximum atomic E-state index is 12.5. The highest BCUT2D eigenvalue weighted by atomic mass is 16.5. The zero-order valence-corrected chi connectivity index (χ0v) is 18.4. The number of ether oxygens (including phenoxy) is 1. The van der Waals surface area contributed by atoms with Crippen LogP contribution in [0, 0.1) is 18.4 Å². The van der Waals surface area contributed by atoms with Gasteiger partial charge in [0.2, 0.25) is 0 Å². The second-order valence-electron chi connectivity index (χ2n) is 8.56. The van der Waals surface area contributed by atoms with E-state index >= 15 is 0 Å². The Balaban J connectivity index is 1.44. The van der Waals surface area contributed by atoms with E-state index in [0.29, 0.717) is 22.9 Å².